The minimum Gasteiger partial charge on any atom is -0.348 e. The highest BCUT2D eigenvalue weighted by atomic mass is 32.2. The van der Waals surface area contributed by atoms with Gasteiger partial charge in [-0.3, -0.25) is 9.59 Å². The fourth-order valence-corrected chi connectivity index (χ4v) is 6.71. The van der Waals surface area contributed by atoms with Crippen molar-refractivity contribution in [3.63, 3.8) is 0 Å². The molecule has 2 N–H and O–H groups in total. The molecule has 0 saturated carbocycles. The van der Waals surface area contributed by atoms with Gasteiger partial charge >= 0.3 is 11.8 Å². The smallest absolute Gasteiger partial charge is 0.309 e. The SMILES string of the molecule is Cc1ccc(C)c(S(=O)(=O)N2CCCC[C@@H]2CCNC(=O)C(=O)NCCC2=CCCCC2)c1. The van der Waals surface area contributed by atoms with Gasteiger partial charge < -0.3 is 10.6 Å². The maximum Gasteiger partial charge on any atom is 0.309 e. The molecule has 3 rings (SSSR count). The van der Waals surface area contributed by atoms with Gasteiger partial charge in [-0.2, -0.15) is 4.31 Å². The Kier molecular flexibility index (Phi) is 9.09. The Morgan fingerprint density at radius 3 is 2.52 bits per heavy atom. The zero-order chi connectivity index (χ0) is 23.8. The summed E-state index contributed by atoms with van der Waals surface area (Å²) in [7, 11) is -3.62. The minimum absolute atomic E-state index is 0.190. The van der Waals surface area contributed by atoms with Crippen LogP contribution in [0.15, 0.2) is 34.7 Å². The fourth-order valence-electron chi connectivity index (χ4n) is 4.67. The van der Waals surface area contributed by atoms with Crippen LogP contribution in [0.25, 0.3) is 0 Å². The van der Waals surface area contributed by atoms with E-state index in [1.165, 1.54) is 18.4 Å². The molecule has 8 heteroatoms. The summed E-state index contributed by atoms with van der Waals surface area (Å²) in [5, 5.41) is 5.35. The van der Waals surface area contributed by atoms with Gasteiger partial charge in [0.05, 0.1) is 4.90 Å². The lowest BCUT2D eigenvalue weighted by atomic mass is 9.97. The number of amides is 2. The molecule has 182 valence electrons. The Labute approximate surface area is 198 Å². The van der Waals surface area contributed by atoms with Crippen molar-refractivity contribution in [2.24, 2.45) is 0 Å². The standard InChI is InChI=1S/C25H37N3O4S/c1-19-11-12-20(2)23(18-19)33(31,32)28-17-7-6-10-22(28)14-16-27-25(30)24(29)26-15-13-21-8-4-3-5-9-21/h8,11-12,18,22H,3-7,9-10,13-17H2,1-2H3,(H,26,29)(H,27,30)/t22-/m1/s1. The molecule has 1 atom stereocenters. The van der Waals surface area contributed by atoms with Gasteiger partial charge in [-0.05, 0) is 82.4 Å². The predicted molar refractivity (Wildman–Crippen MR) is 129 cm³/mol. The monoisotopic (exact) mass is 475 g/mol. The van der Waals surface area contributed by atoms with Crippen LogP contribution in [0.1, 0.15) is 68.9 Å². The summed E-state index contributed by atoms with van der Waals surface area (Å²) in [5.74, 6) is -1.29. The average Bonchev–Trinajstić information content (AvgIpc) is 2.81. The van der Waals surface area contributed by atoms with Crippen LogP contribution < -0.4 is 10.6 Å². The number of nitrogens with one attached hydrogen (secondary N) is 2. The summed E-state index contributed by atoms with van der Waals surface area (Å²) < 4.78 is 28.4. The average molecular weight is 476 g/mol. The van der Waals surface area contributed by atoms with Gasteiger partial charge in [0.15, 0.2) is 0 Å². The number of hydrogen-bond donors (Lipinski definition) is 2. The van der Waals surface area contributed by atoms with Crippen molar-refractivity contribution in [2.75, 3.05) is 19.6 Å². The van der Waals surface area contributed by atoms with Crippen molar-refractivity contribution in [1.82, 2.24) is 14.9 Å². The third kappa shape index (κ3) is 6.90. The molecule has 1 aromatic carbocycles. The molecule has 2 amide bonds. The van der Waals surface area contributed by atoms with Crippen molar-refractivity contribution >= 4 is 21.8 Å². The largest absolute Gasteiger partial charge is 0.348 e. The second-order valence-electron chi connectivity index (χ2n) is 9.19. The summed E-state index contributed by atoms with van der Waals surface area (Å²) in [6.45, 7) is 4.90. The highest BCUT2D eigenvalue weighted by Gasteiger charge is 2.34. The molecule has 1 aliphatic carbocycles. The Hall–Kier alpha value is -2.19. The molecule has 1 aromatic rings. The Bertz CT molecular complexity index is 987. The van der Waals surface area contributed by atoms with Crippen LogP contribution >= 0.6 is 0 Å². The fraction of sp³-hybridized carbons (Fsp3) is 0.600. The summed E-state index contributed by atoms with van der Waals surface area (Å²) in [6.07, 6.45) is 10.6. The van der Waals surface area contributed by atoms with E-state index in [1.807, 2.05) is 26.0 Å². The van der Waals surface area contributed by atoms with Gasteiger partial charge in [0, 0.05) is 25.7 Å². The number of nitrogens with zero attached hydrogens (tertiary/aromatic N) is 1. The lowest BCUT2D eigenvalue weighted by Gasteiger charge is -2.35. The van der Waals surface area contributed by atoms with Crippen LogP contribution in [-0.4, -0.2) is 50.2 Å². The van der Waals surface area contributed by atoms with Crippen LogP contribution in [0, 0.1) is 13.8 Å². The number of piperidine rings is 1. The van der Waals surface area contributed by atoms with Crippen LogP contribution in [0.2, 0.25) is 0 Å². The number of allylic oxidation sites excluding steroid dienone is 1. The summed E-state index contributed by atoms with van der Waals surface area (Å²) in [6, 6.07) is 5.29. The third-order valence-corrected chi connectivity index (χ3v) is 8.68. The molecular formula is C25H37N3O4S. The Morgan fingerprint density at radius 1 is 1.03 bits per heavy atom. The van der Waals surface area contributed by atoms with E-state index in [1.54, 1.807) is 10.4 Å². The molecule has 0 spiro atoms. The van der Waals surface area contributed by atoms with Gasteiger partial charge in [0.2, 0.25) is 10.0 Å². The maximum absolute atomic E-state index is 13.4. The van der Waals surface area contributed by atoms with E-state index < -0.39 is 21.8 Å². The normalized spacial score (nSPS) is 19.6. The van der Waals surface area contributed by atoms with E-state index >= 15 is 0 Å². The third-order valence-electron chi connectivity index (χ3n) is 6.59. The van der Waals surface area contributed by atoms with Crippen molar-refractivity contribution in [2.45, 2.75) is 82.6 Å². The van der Waals surface area contributed by atoms with E-state index in [0.29, 0.717) is 24.4 Å². The molecule has 0 bridgehead atoms. The van der Waals surface area contributed by atoms with Gasteiger partial charge in [0.25, 0.3) is 0 Å². The van der Waals surface area contributed by atoms with Crippen molar-refractivity contribution < 1.29 is 18.0 Å². The zero-order valence-corrected chi connectivity index (χ0v) is 20.7. The number of aryl methyl sites for hydroxylation is 2. The number of benzene rings is 1. The molecule has 7 nitrogen and oxygen atoms in total. The molecular weight excluding hydrogens is 438 g/mol. The minimum atomic E-state index is -3.62. The molecule has 0 radical (unpaired) electrons. The highest BCUT2D eigenvalue weighted by Crippen LogP contribution is 2.29. The lowest BCUT2D eigenvalue weighted by Crippen LogP contribution is -2.46. The van der Waals surface area contributed by atoms with Crippen LogP contribution in [0.5, 0.6) is 0 Å². The first kappa shape index (κ1) is 25.4. The molecule has 1 fully saturated rings. The van der Waals surface area contributed by atoms with Gasteiger partial charge in [0.1, 0.15) is 0 Å². The first-order valence-corrected chi connectivity index (χ1v) is 13.6. The number of carbonyl (C=O) groups is 2. The number of hydrogen-bond acceptors (Lipinski definition) is 4. The number of carbonyl (C=O) groups excluding carboxylic acids is 2. The summed E-state index contributed by atoms with van der Waals surface area (Å²) >= 11 is 0. The molecule has 0 aromatic heterocycles. The van der Waals surface area contributed by atoms with Crippen molar-refractivity contribution in [3.8, 4) is 0 Å². The second kappa shape index (κ2) is 11.8. The highest BCUT2D eigenvalue weighted by molar-refractivity contribution is 7.89. The van der Waals surface area contributed by atoms with Gasteiger partial charge in [-0.25, -0.2) is 8.42 Å². The van der Waals surface area contributed by atoms with E-state index in [4.69, 9.17) is 0 Å². The predicted octanol–water partition coefficient (Wildman–Crippen LogP) is 3.36. The molecule has 33 heavy (non-hydrogen) atoms. The summed E-state index contributed by atoms with van der Waals surface area (Å²) in [4.78, 5) is 24.6. The molecule has 1 saturated heterocycles. The van der Waals surface area contributed by atoms with E-state index in [9.17, 15) is 18.0 Å². The van der Waals surface area contributed by atoms with Gasteiger partial charge in [-0.15, -0.1) is 0 Å². The first-order valence-electron chi connectivity index (χ1n) is 12.1. The lowest BCUT2D eigenvalue weighted by molar-refractivity contribution is -0.139. The van der Waals surface area contributed by atoms with E-state index in [0.717, 1.165) is 49.7 Å². The first-order chi connectivity index (χ1) is 15.8. The van der Waals surface area contributed by atoms with Crippen LogP contribution in [-0.2, 0) is 19.6 Å². The van der Waals surface area contributed by atoms with E-state index in [2.05, 4.69) is 16.7 Å². The Balaban J connectivity index is 1.50. The van der Waals surface area contributed by atoms with Crippen LogP contribution in [0.3, 0.4) is 0 Å². The van der Waals surface area contributed by atoms with Crippen molar-refractivity contribution in [1.29, 1.82) is 0 Å². The van der Waals surface area contributed by atoms with E-state index in [-0.39, 0.29) is 12.6 Å². The quantitative estimate of drug-likeness (QED) is 0.445. The topological polar surface area (TPSA) is 95.6 Å². The maximum atomic E-state index is 13.4. The second-order valence-corrected chi connectivity index (χ2v) is 11.1. The molecule has 2 aliphatic rings. The van der Waals surface area contributed by atoms with Crippen LogP contribution in [0.4, 0.5) is 0 Å². The number of rotatable bonds is 8. The van der Waals surface area contributed by atoms with Gasteiger partial charge in [-0.1, -0.05) is 30.2 Å². The van der Waals surface area contributed by atoms with Crippen molar-refractivity contribution in [3.05, 3.63) is 41.0 Å². The molecule has 1 heterocycles. The zero-order valence-electron chi connectivity index (χ0n) is 19.9. The number of sulfonamides is 1. The summed E-state index contributed by atoms with van der Waals surface area (Å²) in [5.41, 5.74) is 2.99. The molecule has 1 aliphatic heterocycles. The molecule has 0 unspecified atom stereocenters. The Morgan fingerprint density at radius 2 is 1.79 bits per heavy atom.